The van der Waals surface area contributed by atoms with E-state index in [0.717, 1.165) is 22.6 Å². The van der Waals surface area contributed by atoms with Crippen molar-refractivity contribution >= 4 is 0 Å². The summed E-state index contributed by atoms with van der Waals surface area (Å²) in [6.07, 6.45) is -0.0620. The Morgan fingerprint density at radius 2 is 2.05 bits per heavy atom. The van der Waals surface area contributed by atoms with Gasteiger partial charge in [-0.05, 0) is 30.7 Å². The number of ether oxygens (including phenoxy) is 2. The van der Waals surface area contributed by atoms with Crippen LogP contribution in [0.5, 0.6) is 11.5 Å². The molecule has 1 unspecified atom stereocenters. The second-order valence-electron chi connectivity index (χ2n) is 4.90. The highest BCUT2D eigenvalue weighted by atomic mass is 16.5. The fourth-order valence-corrected chi connectivity index (χ4v) is 2.57. The largest absolute Gasteiger partial charge is 0.494 e. The van der Waals surface area contributed by atoms with Crippen LogP contribution in [0.15, 0.2) is 48.5 Å². The van der Waals surface area contributed by atoms with Crippen molar-refractivity contribution in [1.29, 1.82) is 0 Å². The molecule has 3 rings (SSSR count). The molecule has 2 atom stereocenters. The molecule has 1 N–H and O–H groups in total. The predicted molar refractivity (Wildman–Crippen MR) is 77.0 cm³/mol. The lowest BCUT2D eigenvalue weighted by Crippen LogP contribution is -2.18. The van der Waals surface area contributed by atoms with E-state index in [9.17, 15) is 5.11 Å². The molecule has 0 saturated carbocycles. The van der Waals surface area contributed by atoms with Gasteiger partial charge < -0.3 is 14.6 Å². The summed E-state index contributed by atoms with van der Waals surface area (Å²) in [5.74, 6) is 1.60. The number of rotatable bonds is 3. The minimum Gasteiger partial charge on any atom is -0.494 e. The van der Waals surface area contributed by atoms with Crippen LogP contribution in [0.25, 0.3) is 0 Å². The Bertz CT molecular complexity index is 594. The molecule has 2 aromatic carbocycles. The molecule has 1 aliphatic rings. The van der Waals surface area contributed by atoms with Crippen molar-refractivity contribution in [2.45, 2.75) is 25.6 Å². The van der Waals surface area contributed by atoms with Crippen LogP contribution in [0.3, 0.4) is 0 Å². The molecule has 3 nitrogen and oxygen atoms in total. The van der Waals surface area contributed by atoms with E-state index in [-0.39, 0.29) is 6.10 Å². The fourth-order valence-electron chi connectivity index (χ4n) is 2.57. The molecular formula is C17H18O3. The van der Waals surface area contributed by atoms with Crippen LogP contribution in [0.1, 0.15) is 36.7 Å². The Balaban J connectivity index is 1.87. The van der Waals surface area contributed by atoms with Crippen molar-refractivity contribution in [2.75, 3.05) is 6.61 Å². The number of benzene rings is 2. The van der Waals surface area contributed by atoms with E-state index in [1.807, 2.05) is 55.5 Å². The molecule has 0 aromatic heterocycles. The van der Waals surface area contributed by atoms with E-state index in [4.69, 9.17) is 9.47 Å². The molecule has 1 aliphatic heterocycles. The first-order valence-corrected chi connectivity index (χ1v) is 6.94. The summed E-state index contributed by atoms with van der Waals surface area (Å²) in [7, 11) is 0. The van der Waals surface area contributed by atoms with Crippen molar-refractivity contribution in [3.63, 3.8) is 0 Å². The third-order valence-corrected chi connectivity index (χ3v) is 3.53. The quantitative estimate of drug-likeness (QED) is 0.925. The first kappa shape index (κ1) is 13.0. The summed E-state index contributed by atoms with van der Waals surface area (Å²) in [5.41, 5.74) is 1.90. The lowest BCUT2D eigenvalue weighted by Gasteiger charge is -2.30. The van der Waals surface area contributed by atoms with Crippen molar-refractivity contribution in [3.8, 4) is 11.5 Å². The average molecular weight is 270 g/mol. The summed E-state index contributed by atoms with van der Waals surface area (Å²) in [5, 5.41) is 10.3. The van der Waals surface area contributed by atoms with Gasteiger partial charge in [0.15, 0.2) is 0 Å². The molecule has 3 heteroatoms. The molecule has 2 aromatic rings. The van der Waals surface area contributed by atoms with E-state index >= 15 is 0 Å². The van der Waals surface area contributed by atoms with Gasteiger partial charge in [-0.25, -0.2) is 0 Å². The Labute approximate surface area is 118 Å². The second-order valence-corrected chi connectivity index (χ2v) is 4.90. The molecule has 20 heavy (non-hydrogen) atoms. The SMILES string of the molecule is CCOc1cccc(C2C[C@@H](O)c3ccccc3O2)c1. The predicted octanol–water partition coefficient (Wildman–Crippen LogP) is 3.64. The van der Waals surface area contributed by atoms with E-state index < -0.39 is 6.10 Å². The summed E-state index contributed by atoms with van der Waals surface area (Å²) >= 11 is 0. The zero-order valence-electron chi connectivity index (χ0n) is 11.5. The van der Waals surface area contributed by atoms with Crippen molar-refractivity contribution in [2.24, 2.45) is 0 Å². The van der Waals surface area contributed by atoms with Crippen LogP contribution < -0.4 is 9.47 Å². The molecule has 0 bridgehead atoms. The molecular weight excluding hydrogens is 252 g/mol. The zero-order chi connectivity index (χ0) is 13.9. The maximum atomic E-state index is 10.3. The van der Waals surface area contributed by atoms with Gasteiger partial charge in [-0.1, -0.05) is 30.3 Å². The van der Waals surface area contributed by atoms with Gasteiger partial charge in [0.1, 0.15) is 17.6 Å². The average Bonchev–Trinajstić information content (AvgIpc) is 2.48. The zero-order valence-corrected chi connectivity index (χ0v) is 11.5. The third kappa shape index (κ3) is 2.49. The summed E-state index contributed by atoms with van der Waals surface area (Å²) in [6.45, 7) is 2.60. The van der Waals surface area contributed by atoms with E-state index in [2.05, 4.69) is 0 Å². The Morgan fingerprint density at radius 3 is 2.90 bits per heavy atom. The van der Waals surface area contributed by atoms with Gasteiger partial charge >= 0.3 is 0 Å². The minimum absolute atomic E-state index is 0.139. The maximum Gasteiger partial charge on any atom is 0.127 e. The van der Waals surface area contributed by atoms with Gasteiger partial charge in [-0.3, -0.25) is 0 Å². The Kier molecular flexibility index (Phi) is 3.61. The first-order chi connectivity index (χ1) is 9.78. The smallest absolute Gasteiger partial charge is 0.127 e. The molecule has 0 amide bonds. The summed E-state index contributed by atoms with van der Waals surface area (Å²) < 4.78 is 11.5. The lowest BCUT2D eigenvalue weighted by molar-refractivity contribution is 0.0656. The number of para-hydroxylation sites is 1. The van der Waals surface area contributed by atoms with E-state index in [1.165, 1.54) is 0 Å². The molecule has 0 fully saturated rings. The van der Waals surface area contributed by atoms with Crippen LogP contribution in [-0.2, 0) is 0 Å². The fraction of sp³-hybridized carbons (Fsp3) is 0.294. The number of fused-ring (bicyclic) bond motifs is 1. The van der Waals surface area contributed by atoms with Gasteiger partial charge in [0.25, 0.3) is 0 Å². The van der Waals surface area contributed by atoms with Crippen LogP contribution in [-0.4, -0.2) is 11.7 Å². The molecule has 0 aliphatic carbocycles. The standard InChI is InChI=1S/C17H18O3/c1-2-19-13-7-5-6-12(10-13)17-11-15(18)14-8-3-4-9-16(14)20-17/h3-10,15,17-18H,2,11H2,1H3/t15-,17?/m1/s1. The van der Waals surface area contributed by atoms with E-state index in [0.29, 0.717) is 13.0 Å². The van der Waals surface area contributed by atoms with Crippen molar-refractivity contribution in [1.82, 2.24) is 0 Å². The topological polar surface area (TPSA) is 38.7 Å². The van der Waals surface area contributed by atoms with Gasteiger partial charge in [0.2, 0.25) is 0 Å². The van der Waals surface area contributed by atoms with Gasteiger partial charge in [0.05, 0.1) is 12.7 Å². The van der Waals surface area contributed by atoms with Crippen LogP contribution in [0, 0.1) is 0 Å². The monoisotopic (exact) mass is 270 g/mol. The van der Waals surface area contributed by atoms with Crippen LogP contribution in [0.4, 0.5) is 0 Å². The molecule has 1 heterocycles. The van der Waals surface area contributed by atoms with Crippen LogP contribution in [0.2, 0.25) is 0 Å². The van der Waals surface area contributed by atoms with Crippen molar-refractivity contribution in [3.05, 3.63) is 59.7 Å². The van der Waals surface area contributed by atoms with Gasteiger partial charge in [-0.2, -0.15) is 0 Å². The molecule has 0 radical (unpaired) electrons. The first-order valence-electron chi connectivity index (χ1n) is 6.94. The lowest BCUT2D eigenvalue weighted by atomic mass is 9.95. The molecule has 0 spiro atoms. The summed E-state index contributed by atoms with van der Waals surface area (Å²) in [6, 6.07) is 15.5. The highest BCUT2D eigenvalue weighted by molar-refractivity contribution is 5.39. The highest BCUT2D eigenvalue weighted by Gasteiger charge is 2.27. The maximum absolute atomic E-state index is 10.3. The normalized spacial score (nSPS) is 20.9. The Hall–Kier alpha value is -2.00. The number of hydrogen-bond donors (Lipinski definition) is 1. The van der Waals surface area contributed by atoms with Gasteiger partial charge in [-0.15, -0.1) is 0 Å². The number of aliphatic hydroxyl groups is 1. The third-order valence-electron chi connectivity index (χ3n) is 3.53. The number of hydrogen-bond acceptors (Lipinski definition) is 3. The molecule has 104 valence electrons. The molecule has 0 saturated heterocycles. The van der Waals surface area contributed by atoms with Crippen molar-refractivity contribution < 1.29 is 14.6 Å². The Morgan fingerprint density at radius 1 is 1.20 bits per heavy atom. The summed E-state index contributed by atoms with van der Waals surface area (Å²) in [4.78, 5) is 0. The van der Waals surface area contributed by atoms with E-state index in [1.54, 1.807) is 0 Å². The van der Waals surface area contributed by atoms with Crippen LogP contribution >= 0.6 is 0 Å². The van der Waals surface area contributed by atoms with Gasteiger partial charge in [0, 0.05) is 12.0 Å². The minimum atomic E-state index is -0.485. The highest BCUT2D eigenvalue weighted by Crippen LogP contribution is 2.40. The number of aliphatic hydroxyl groups excluding tert-OH is 1. The second kappa shape index (κ2) is 5.55.